The van der Waals surface area contributed by atoms with E-state index in [1.807, 2.05) is 25.3 Å². The van der Waals surface area contributed by atoms with Crippen LogP contribution in [0.25, 0.3) is 5.69 Å². The molecule has 154 valence electrons. The molecule has 0 amide bonds. The van der Waals surface area contributed by atoms with E-state index < -0.39 is 5.41 Å². The highest BCUT2D eigenvalue weighted by atomic mass is 32.2. The smallest absolute Gasteiger partial charge is 0.307 e. The highest BCUT2D eigenvalue weighted by Gasteiger charge is 2.38. The topological polar surface area (TPSA) is 65.7 Å². The molecule has 0 bridgehead atoms. The summed E-state index contributed by atoms with van der Waals surface area (Å²) in [5.41, 5.74) is 1.61. The fourth-order valence-electron chi connectivity index (χ4n) is 3.66. The molecule has 6 nitrogen and oxygen atoms in total. The van der Waals surface area contributed by atoms with E-state index in [2.05, 4.69) is 51.1 Å². The van der Waals surface area contributed by atoms with Crippen LogP contribution in [0.3, 0.4) is 0 Å². The molecule has 2 heterocycles. The van der Waals surface area contributed by atoms with Crippen molar-refractivity contribution < 1.29 is 14.4 Å². The Balaban J connectivity index is 1.58. The Labute approximate surface area is 179 Å². The molecule has 2 aromatic carbocycles. The van der Waals surface area contributed by atoms with Gasteiger partial charge in [0.15, 0.2) is 0 Å². The summed E-state index contributed by atoms with van der Waals surface area (Å²) in [6, 6.07) is 16.6. The van der Waals surface area contributed by atoms with Crippen LogP contribution in [0, 0.1) is 6.92 Å². The van der Waals surface area contributed by atoms with E-state index in [1.54, 1.807) is 24.2 Å². The summed E-state index contributed by atoms with van der Waals surface area (Å²) in [5.74, 6) is 0.740. The number of nitrogens with zero attached hydrogens (tertiary/aromatic N) is 3. The van der Waals surface area contributed by atoms with Crippen molar-refractivity contribution in [1.82, 2.24) is 9.55 Å². The molecule has 1 unspecified atom stereocenters. The molecule has 30 heavy (non-hydrogen) atoms. The first-order valence-electron chi connectivity index (χ1n) is 9.72. The molecule has 7 heteroatoms. The third kappa shape index (κ3) is 4.26. The molecule has 0 aliphatic carbocycles. The predicted molar refractivity (Wildman–Crippen MR) is 116 cm³/mol. The third-order valence-electron chi connectivity index (χ3n) is 5.26. The van der Waals surface area contributed by atoms with Crippen LogP contribution >= 0.6 is 11.8 Å². The molecule has 1 fully saturated rings. The first-order chi connectivity index (χ1) is 14.6. The predicted octanol–water partition coefficient (Wildman–Crippen LogP) is 4.54. The number of rotatable bonds is 6. The summed E-state index contributed by atoms with van der Waals surface area (Å²) in [6.07, 6.45) is 6.43. The molecule has 4 rings (SSSR count). The zero-order valence-electron chi connectivity index (χ0n) is 16.9. The van der Waals surface area contributed by atoms with Crippen molar-refractivity contribution >= 4 is 23.9 Å². The molecule has 3 aromatic rings. The van der Waals surface area contributed by atoms with Crippen molar-refractivity contribution in [2.24, 2.45) is 5.16 Å². The van der Waals surface area contributed by atoms with E-state index in [4.69, 9.17) is 9.57 Å². The SMILES string of the molecule is CON=CC1(c2cccc(Sc3ccc(-n4ccnc4C)cc3)c2)CCOC(=O)C1. The largest absolute Gasteiger partial charge is 0.466 e. The minimum Gasteiger partial charge on any atom is -0.466 e. The molecule has 1 aliphatic heterocycles. The number of esters is 1. The van der Waals surface area contributed by atoms with Gasteiger partial charge in [-0.2, -0.15) is 0 Å². The third-order valence-corrected chi connectivity index (χ3v) is 6.26. The molecule has 0 radical (unpaired) electrons. The van der Waals surface area contributed by atoms with Crippen molar-refractivity contribution in [1.29, 1.82) is 0 Å². The Morgan fingerprint density at radius 1 is 1.23 bits per heavy atom. The van der Waals surface area contributed by atoms with Crippen molar-refractivity contribution in [2.75, 3.05) is 13.7 Å². The van der Waals surface area contributed by atoms with Crippen LogP contribution in [0.2, 0.25) is 0 Å². The van der Waals surface area contributed by atoms with Crippen molar-refractivity contribution in [3.8, 4) is 5.69 Å². The van der Waals surface area contributed by atoms with Crippen LogP contribution in [0.1, 0.15) is 24.2 Å². The second kappa shape index (κ2) is 8.75. The number of hydrogen-bond donors (Lipinski definition) is 0. The van der Waals surface area contributed by atoms with Gasteiger partial charge in [0.25, 0.3) is 0 Å². The second-order valence-corrected chi connectivity index (χ2v) is 8.34. The van der Waals surface area contributed by atoms with Gasteiger partial charge in [-0.25, -0.2) is 4.98 Å². The lowest BCUT2D eigenvalue weighted by atomic mass is 9.75. The Morgan fingerprint density at radius 2 is 2.07 bits per heavy atom. The number of aromatic nitrogens is 2. The molecule has 0 saturated carbocycles. The van der Waals surface area contributed by atoms with E-state index >= 15 is 0 Å². The highest BCUT2D eigenvalue weighted by molar-refractivity contribution is 7.99. The van der Waals surface area contributed by atoms with Crippen LogP contribution in [-0.4, -0.2) is 35.5 Å². The van der Waals surface area contributed by atoms with Crippen LogP contribution in [-0.2, 0) is 19.8 Å². The van der Waals surface area contributed by atoms with Gasteiger partial charge in [0.05, 0.1) is 19.2 Å². The van der Waals surface area contributed by atoms with Crippen LogP contribution < -0.4 is 0 Å². The first kappa shape index (κ1) is 20.2. The number of imidazole rings is 1. The van der Waals surface area contributed by atoms with Crippen LogP contribution in [0.15, 0.2) is 75.9 Å². The van der Waals surface area contributed by atoms with Gasteiger partial charge < -0.3 is 14.1 Å². The summed E-state index contributed by atoms with van der Waals surface area (Å²) in [5, 5.41) is 3.99. The van der Waals surface area contributed by atoms with E-state index in [1.165, 1.54) is 7.11 Å². The van der Waals surface area contributed by atoms with Crippen molar-refractivity contribution in [3.63, 3.8) is 0 Å². The zero-order chi connectivity index (χ0) is 21.0. The van der Waals surface area contributed by atoms with Gasteiger partial charge in [0.2, 0.25) is 0 Å². The average molecular weight is 422 g/mol. The normalized spacial score (nSPS) is 19.1. The molecular formula is C23H23N3O3S. The molecule has 1 aromatic heterocycles. The first-order valence-corrected chi connectivity index (χ1v) is 10.5. The average Bonchev–Trinajstić information content (AvgIpc) is 3.19. The monoisotopic (exact) mass is 421 g/mol. The highest BCUT2D eigenvalue weighted by Crippen LogP contribution is 2.37. The summed E-state index contributed by atoms with van der Waals surface area (Å²) in [7, 11) is 1.51. The Bertz CT molecular complexity index is 1060. The Kier molecular flexibility index (Phi) is 5.90. The maximum absolute atomic E-state index is 12.0. The molecular weight excluding hydrogens is 398 g/mol. The van der Waals surface area contributed by atoms with Gasteiger partial charge >= 0.3 is 5.97 Å². The van der Waals surface area contributed by atoms with E-state index in [0.29, 0.717) is 13.0 Å². The number of cyclic esters (lactones) is 1. The minimum absolute atomic E-state index is 0.216. The summed E-state index contributed by atoms with van der Waals surface area (Å²) < 4.78 is 7.21. The van der Waals surface area contributed by atoms with Gasteiger partial charge in [-0.3, -0.25) is 4.79 Å². The van der Waals surface area contributed by atoms with Crippen molar-refractivity contribution in [2.45, 2.75) is 35.0 Å². The second-order valence-electron chi connectivity index (χ2n) is 7.19. The van der Waals surface area contributed by atoms with Crippen molar-refractivity contribution in [3.05, 3.63) is 72.3 Å². The van der Waals surface area contributed by atoms with Gasteiger partial charge in [0, 0.05) is 33.3 Å². The summed E-state index contributed by atoms with van der Waals surface area (Å²) in [6.45, 7) is 2.36. The van der Waals surface area contributed by atoms with Gasteiger partial charge in [-0.05, 0) is 55.3 Å². The van der Waals surface area contributed by atoms with E-state index in [-0.39, 0.29) is 12.4 Å². The number of benzene rings is 2. The standard InChI is InChI=1S/C23H23N3O3S/c1-17-24-11-12-26(17)19-6-8-20(9-7-19)30-21-5-3-4-18(14-21)23(16-25-28-2)10-13-29-22(27)15-23/h3-9,11-12,14,16H,10,13,15H2,1-2H3. The Hall–Kier alpha value is -3.06. The lowest BCUT2D eigenvalue weighted by Crippen LogP contribution is -2.38. The number of carbonyl (C=O) groups is 1. The van der Waals surface area contributed by atoms with Gasteiger partial charge in [0.1, 0.15) is 12.9 Å². The van der Waals surface area contributed by atoms with Gasteiger partial charge in [-0.1, -0.05) is 29.1 Å². The Morgan fingerprint density at radius 3 is 2.77 bits per heavy atom. The minimum atomic E-state index is -0.509. The number of aryl methyl sites for hydroxylation is 1. The lowest BCUT2D eigenvalue weighted by molar-refractivity contribution is -0.148. The maximum atomic E-state index is 12.0. The number of hydrogen-bond acceptors (Lipinski definition) is 6. The summed E-state index contributed by atoms with van der Waals surface area (Å²) >= 11 is 1.68. The summed E-state index contributed by atoms with van der Waals surface area (Å²) in [4.78, 5) is 23.4. The molecule has 1 aliphatic rings. The van der Waals surface area contributed by atoms with Crippen LogP contribution in [0.4, 0.5) is 0 Å². The molecule has 1 saturated heterocycles. The number of ether oxygens (including phenoxy) is 1. The maximum Gasteiger partial charge on any atom is 0.307 e. The molecule has 0 N–H and O–H groups in total. The van der Waals surface area contributed by atoms with E-state index in [0.717, 1.165) is 26.9 Å². The lowest BCUT2D eigenvalue weighted by Gasteiger charge is -2.33. The van der Waals surface area contributed by atoms with E-state index in [9.17, 15) is 4.79 Å². The number of carbonyl (C=O) groups excluding carboxylic acids is 1. The van der Waals surface area contributed by atoms with Crippen LogP contribution in [0.5, 0.6) is 0 Å². The fraction of sp³-hybridized carbons (Fsp3) is 0.261. The fourth-order valence-corrected chi connectivity index (χ4v) is 4.54. The quantitative estimate of drug-likeness (QED) is 0.332. The number of oxime groups is 1. The zero-order valence-corrected chi connectivity index (χ0v) is 17.8. The van der Waals surface area contributed by atoms with Gasteiger partial charge in [-0.15, -0.1) is 0 Å². The molecule has 1 atom stereocenters. The molecule has 0 spiro atoms.